The number of H-pyrrole nitrogens is 1. The minimum atomic E-state index is 0.223. The third-order valence-electron chi connectivity index (χ3n) is 4.75. The van der Waals surface area contributed by atoms with Crippen LogP contribution in [0.4, 0.5) is 5.82 Å². The lowest BCUT2D eigenvalue weighted by molar-refractivity contribution is -0.111. The summed E-state index contributed by atoms with van der Waals surface area (Å²) < 4.78 is 0. The van der Waals surface area contributed by atoms with E-state index in [2.05, 4.69) is 15.3 Å². The lowest BCUT2D eigenvalue weighted by atomic mass is 9.87. The molecule has 0 saturated heterocycles. The molecular formula is C19H20N4O. The van der Waals surface area contributed by atoms with E-state index >= 15 is 0 Å². The predicted octanol–water partition coefficient (Wildman–Crippen LogP) is 3.79. The number of nitrogens with one attached hydrogen (secondary N) is 2. The van der Waals surface area contributed by atoms with E-state index in [-0.39, 0.29) is 5.92 Å². The number of aldehydes is 1. The van der Waals surface area contributed by atoms with Gasteiger partial charge in [0.2, 0.25) is 0 Å². The van der Waals surface area contributed by atoms with Gasteiger partial charge < -0.3 is 15.1 Å². The average Bonchev–Trinajstić information content (AvgIpc) is 3.12. The maximum atomic E-state index is 10.9. The Bertz CT molecular complexity index is 835. The van der Waals surface area contributed by atoms with Crippen LogP contribution >= 0.6 is 0 Å². The Balaban J connectivity index is 1.64. The molecule has 0 atom stereocenters. The van der Waals surface area contributed by atoms with Gasteiger partial charge in [0.25, 0.3) is 0 Å². The van der Waals surface area contributed by atoms with Crippen LogP contribution in [0.25, 0.3) is 22.4 Å². The second kappa shape index (κ2) is 6.43. The van der Waals surface area contributed by atoms with Crippen LogP contribution in [0.1, 0.15) is 25.7 Å². The molecule has 1 aromatic carbocycles. The van der Waals surface area contributed by atoms with Crippen molar-refractivity contribution in [3.63, 3.8) is 0 Å². The van der Waals surface area contributed by atoms with Crippen molar-refractivity contribution in [2.45, 2.75) is 31.7 Å². The number of fused-ring (bicyclic) bond motifs is 1. The molecule has 24 heavy (non-hydrogen) atoms. The molecule has 1 aliphatic carbocycles. The van der Waals surface area contributed by atoms with Gasteiger partial charge >= 0.3 is 0 Å². The summed E-state index contributed by atoms with van der Waals surface area (Å²) in [6.07, 6.45) is 6.89. The van der Waals surface area contributed by atoms with E-state index in [1.54, 1.807) is 0 Å². The molecule has 2 aromatic heterocycles. The quantitative estimate of drug-likeness (QED) is 0.717. The summed E-state index contributed by atoms with van der Waals surface area (Å²) in [5, 5.41) is 4.58. The summed E-state index contributed by atoms with van der Waals surface area (Å²) in [4.78, 5) is 23.5. The number of hydrogen-bond acceptors (Lipinski definition) is 4. The Kier molecular flexibility index (Phi) is 3.99. The monoisotopic (exact) mass is 320 g/mol. The topological polar surface area (TPSA) is 70.7 Å². The fourth-order valence-electron chi connectivity index (χ4n) is 3.36. The zero-order valence-electron chi connectivity index (χ0n) is 13.4. The highest BCUT2D eigenvalue weighted by Gasteiger charge is 2.22. The van der Waals surface area contributed by atoms with E-state index in [4.69, 9.17) is 4.98 Å². The van der Waals surface area contributed by atoms with Crippen molar-refractivity contribution in [2.75, 3.05) is 5.32 Å². The Labute approximate surface area is 140 Å². The standard InChI is InChI=1S/C19H20N4O/c24-12-13-6-8-15(9-7-13)21-19-16-10-11-20-18(16)22-17(23-19)14-4-2-1-3-5-14/h1-5,10-13,15H,6-9H2,(H2,20,21,22,23). The van der Waals surface area contributed by atoms with Crippen LogP contribution in [-0.4, -0.2) is 27.3 Å². The fourth-order valence-corrected chi connectivity index (χ4v) is 3.36. The molecule has 0 spiro atoms. The number of aromatic amines is 1. The largest absolute Gasteiger partial charge is 0.367 e. The van der Waals surface area contributed by atoms with Crippen molar-refractivity contribution in [3.8, 4) is 11.4 Å². The van der Waals surface area contributed by atoms with E-state index < -0.39 is 0 Å². The smallest absolute Gasteiger partial charge is 0.163 e. The fraction of sp³-hybridized carbons (Fsp3) is 0.316. The van der Waals surface area contributed by atoms with E-state index in [1.807, 2.05) is 42.6 Å². The van der Waals surface area contributed by atoms with Crippen LogP contribution in [0.15, 0.2) is 42.6 Å². The third-order valence-corrected chi connectivity index (χ3v) is 4.75. The van der Waals surface area contributed by atoms with E-state index in [9.17, 15) is 4.79 Å². The molecule has 0 radical (unpaired) electrons. The van der Waals surface area contributed by atoms with Crippen molar-refractivity contribution < 1.29 is 4.79 Å². The van der Waals surface area contributed by atoms with Crippen LogP contribution in [0.2, 0.25) is 0 Å². The summed E-state index contributed by atoms with van der Waals surface area (Å²) in [5.41, 5.74) is 1.84. The van der Waals surface area contributed by atoms with Gasteiger partial charge in [0.15, 0.2) is 5.82 Å². The van der Waals surface area contributed by atoms with E-state index in [0.29, 0.717) is 6.04 Å². The Morgan fingerprint density at radius 2 is 1.83 bits per heavy atom. The van der Waals surface area contributed by atoms with Gasteiger partial charge in [-0.3, -0.25) is 0 Å². The van der Waals surface area contributed by atoms with Gasteiger partial charge in [-0.05, 0) is 31.7 Å². The highest BCUT2D eigenvalue weighted by Crippen LogP contribution is 2.29. The molecule has 0 unspecified atom stereocenters. The number of hydrogen-bond donors (Lipinski definition) is 2. The average molecular weight is 320 g/mol. The Hall–Kier alpha value is -2.69. The molecule has 2 heterocycles. The maximum Gasteiger partial charge on any atom is 0.163 e. The number of carbonyl (C=O) groups excluding carboxylic acids is 1. The maximum absolute atomic E-state index is 10.9. The molecule has 1 aliphatic rings. The van der Waals surface area contributed by atoms with Gasteiger partial charge in [-0.25, -0.2) is 9.97 Å². The highest BCUT2D eigenvalue weighted by molar-refractivity contribution is 5.88. The van der Waals surface area contributed by atoms with Gasteiger partial charge in [-0.1, -0.05) is 30.3 Å². The molecule has 2 N–H and O–H groups in total. The molecule has 1 fully saturated rings. The van der Waals surface area contributed by atoms with Crippen molar-refractivity contribution >= 4 is 23.1 Å². The van der Waals surface area contributed by atoms with Crippen LogP contribution in [0, 0.1) is 5.92 Å². The van der Waals surface area contributed by atoms with Crippen molar-refractivity contribution in [2.24, 2.45) is 5.92 Å². The molecule has 122 valence electrons. The second-order valence-electron chi connectivity index (χ2n) is 6.39. The van der Waals surface area contributed by atoms with Crippen LogP contribution in [0.3, 0.4) is 0 Å². The minimum absolute atomic E-state index is 0.223. The van der Waals surface area contributed by atoms with Gasteiger partial charge in [0.05, 0.1) is 5.39 Å². The van der Waals surface area contributed by atoms with E-state index in [1.165, 1.54) is 0 Å². The first-order valence-corrected chi connectivity index (χ1v) is 8.46. The molecular weight excluding hydrogens is 300 g/mol. The lowest BCUT2D eigenvalue weighted by Crippen LogP contribution is -2.27. The summed E-state index contributed by atoms with van der Waals surface area (Å²) in [6.45, 7) is 0. The number of nitrogens with zero attached hydrogens (tertiary/aromatic N) is 2. The number of carbonyl (C=O) groups is 1. The molecule has 5 heteroatoms. The molecule has 4 rings (SSSR count). The molecule has 0 amide bonds. The summed E-state index contributed by atoms with van der Waals surface area (Å²) >= 11 is 0. The molecule has 5 nitrogen and oxygen atoms in total. The van der Waals surface area contributed by atoms with Crippen molar-refractivity contribution in [1.82, 2.24) is 15.0 Å². The van der Waals surface area contributed by atoms with E-state index in [0.717, 1.165) is 60.2 Å². The first kappa shape index (κ1) is 14.9. The normalized spacial score (nSPS) is 20.8. The number of rotatable bonds is 4. The van der Waals surface area contributed by atoms with Gasteiger partial charge in [0, 0.05) is 23.7 Å². The zero-order chi connectivity index (χ0) is 16.4. The first-order valence-electron chi connectivity index (χ1n) is 8.46. The molecule has 3 aromatic rings. The van der Waals surface area contributed by atoms with Crippen molar-refractivity contribution in [3.05, 3.63) is 42.6 Å². The third kappa shape index (κ3) is 2.89. The summed E-state index contributed by atoms with van der Waals surface area (Å²) in [6, 6.07) is 12.4. The first-order chi connectivity index (χ1) is 11.8. The Morgan fingerprint density at radius 3 is 2.58 bits per heavy atom. The van der Waals surface area contributed by atoms with Gasteiger partial charge in [0.1, 0.15) is 17.8 Å². The zero-order valence-corrected chi connectivity index (χ0v) is 13.4. The lowest BCUT2D eigenvalue weighted by Gasteiger charge is -2.27. The minimum Gasteiger partial charge on any atom is -0.367 e. The highest BCUT2D eigenvalue weighted by atomic mass is 16.1. The summed E-state index contributed by atoms with van der Waals surface area (Å²) in [5.74, 6) is 1.81. The molecule has 0 aliphatic heterocycles. The van der Waals surface area contributed by atoms with Gasteiger partial charge in [-0.15, -0.1) is 0 Å². The predicted molar refractivity (Wildman–Crippen MR) is 94.8 cm³/mol. The van der Waals surface area contributed by atoms with Crippen LogP contribution in [0.5, 0.6) is 0 Å². The SMILES string of the molecule is O=CC1CCC(Nc2nc(-c3ccccc3)nc3[nH]ccc23)CC1. The molecule has 0 bridgehead atoms. The summed E-state index contributed by atoms with van der Waals surface area (Å²) in [7, 11) is 0. The number of anilines is 1. The number of aromatic nitrogens is 3. The Morgan fingerprint density at radius 1 is 1.04 bits per heavy atom. The number of benzene rings is 1. The second-order valence-corrected chi connectivity index (χ2v) is 6.39. The van der Waals surface area contributed by atoms with Crippen LogP contribution < -0.4 is 5.32 Å². The van der Waals surface area contributed by atoms with Crippen LogP contribution in [-0.2, 0) is 4.79 Å². The van der Waals surface area contributed by atoms with Crippen molar-refractivity contribution in [1.29, 1.82) is 0 Å². The van der Waals surface area contributed by atoms with Gasteiger partial charge in [-0.2, -0.15) is 0 Å². The molecule has 1 saturated carbocycles.